The smallest absolute Gasteiger partial charge is 0.0994 e. The third-order valence-electron chi connectivity index (χ3n) is 1.67. The number of hydrogen-bond donors (Lipinski definition) is 0. The van der Waals surface area contributed by atoms with E-state index >= 15 is 0 Å². The molecule has 1 nitrogen and oxygen atoms in total. The first-order chi connectivity index (χ1) is 5.83. The van der Waals surface area contributed by atoms with Crippen molar-refractivity contribution in [1.29, 1.82) is 5.26 Å². The number of benzene rings is 1. The molecule has 1 rings (SSSR count). The van der Waals surface area contributed by atoms with Gasteiger partial charge < -0.3 is 0 Å². The highest BCUT2D eigenvalue weighted by Crippen LogP contribution is 2.19. The summed E-state index contributed by atoms with van der Waals surface area (Å²) in [7, 11) is 0. The second-order valence-corrected chi connectivity index (χ2v) is 3.44. The van der Waals surface area contributed by atoms with Gasteiger partial charge in [0.05, 0.1) is 11.6 Å². The van der Waals surface area contributed by atoms with Crippen LogP contribution in [0.25, 0.3) is 0 Å². The molecule has 1 aromatic rings. The van der Waals surface area contributed by atoms with Crippen molar-refractivity contribution in [3.63, 3.8) is 0 Å². The second-order valence-electron chi connectivity index (χ2n) is 2.32. The molecule has 0 aliphatic rings. The molecule has 0 aromatic heterocycles. The molecular formula is C9H7Br2N. The van der Waals surface area contributed by atoms with Crippen molar-refractivity contribution < 1.29 is 0 Å². The van der Waals surface area contributed by atoms with Crippen LogP contribution in [-0.2, 0) is 10.7 Å². The lowest BCUT2D eigenvalue weighted by atomic mass is 10.0. The Morgan fingerprint density at radius 3 is 2.50 bits per heavy atom. The Labute approximate surface area is 88.7 Å². The van der Waals surface area contributed by atoms with E-state index in [1.54, 1.807) is 0 Å². The normalized spacial score (nSPS) is 9.42. The Morgan fingerprint density at radius 2 is 2.00 bits per heavy atom. The van der Waals surface area contributed by atoms with Crippen LogP contribution in [0.1, 0.15) is 16.7 Å². The number of alkyl halides is 2. The predicted octanol–water partition coefficient (Wildman–Crippen LogP) is 3.35. The lowest BCUT2D eigenvalue weighted by molar-refractivity contribution is 1.27. The van der Waals surface area contributed by atoms with E-state index in [4.69, 9.17) is 5.26 Å². The van der Waals surface area contributed by atoms with Crippen molar-refractivity contribution in [3.8, 4) is 6.07 Å². The second kappa shape index (κ2) is 4.64. The number of rotatable bonds is 2. The van der Waals surface area contributed by atoms with Gasteiger partial charge in [-0.05, 0) is 17.2 Å². The molecule has 0 aliphatic heterocycles. The van der Waals surface area contributed by atoms with Gasteiger partial charge in [-0.25, -0.2) is 0 Å². The fourth-order valence-corrected chi connectivity index (χ4v) is 2.21. The van der Waals surface area contributed by atoms with Crippen LogP contribution in [0.2, 0.25) is 0 Å². The molecule has 0 N–H and O–H groups in total. The predicted molar refractivity (Wildman–Crippen MR) is 56.4 cm³/mol. The number of halogens is 2. The van der Waals surface area contributed by atoms with E-state index in [-0.39, 0.29) is 0 Å². The van der Waals surface area contributed by atoms with Crippen molar-refractivity contribution >= 4 is 31.9 Å². The minimum absolute atomic E-state index is 0.734. The Morgan fingerprint density at radius 1 is 1.25 bits per heavy atom. The molecule has 12 heavy (non-hydrogen) atoms. The first-order valence-corrected chi connectivity index (χ1v) is 5.70. The first-order valence-electron chi connectivity index (χ1n) is 3.46. The number of nitriles is 1. The van der Waals surface area contributed by atoms with E-state index in [0.29, 0.717) is 0 Å². The first kappa shape index (κ1) is 9.76. The summed E-state index contributed by atoms with van der Waals surface area (Å²) in [5.74, 6) is 0. The highest BCUT2D eigenvalue weighted by atomic mass is 79.9. The zero-order chi connectivity index (χ0) is 8.97. The monoisotopic (exact) mass is 287 g/mol. The average molecular weight is 289 g/mol. The Kier molecular flexibility index (Phi) is 3.77. The van der Waals surface area contributed by atoms with Crippen molar-refractivity contribution in [3.05, 3.63) is 34.9 Å². The van der Waals surface area contributed by atoms with Crippen LogP contribution >= 0.6 is 31.9 Å². The fraction of sp³-hybridized carbons (Fsp3) is 0.222. The maximum Gasteiger partial charge on any atom is 0.0994 e. The molecule has 0 saturated carbocycles. The van der Waals surface area contributed by atoms with Crippen LogP contribution in [0, 0.1) is 11.3 Å². The fourth-order valence-electron chi connectivity index (χ4n) is 1.02. The Hall–Kier alpha value is -0.330. The molecule has 0 fully saturated rings. The van der Waals surface area contributed by atoms with Gasteiger partial charge in [0.1, 0.15) is 0 Å². The van der Waals surface area contributed by atoms with E-state index < -0.39 is 0 Å². The molecule has 1 aromatic carbocycles. The van der Waals surface area contributed by atoms with E-state index in [2.05, 4.69) is 37.9 Å². The van der Waals surface area contributed by atoms with Gasteiger partial charge in [0, 0.05) is 10.7 Å². The largest absolute Gasteiger partial charge is 0.192 e. The minimum atomic E-state index is 0.734. The van der Waals surface area contributed by atoms with Gasteiger partial charge in [0.15, 0.2) is 0 Å². The SMILES string of the molecule is N#Cc1cccc(CBr)c1CBr. The average Bonchev–Trinajstić information content (AvgIpc) is 2.16. The third kappa shape index (κ3) is 1.88. The minimum Gasteiger partial charge on any atom is -0.192 e. The summed E-state index contributed by atoms with van der Waals surface area (Å²) in [6, 6.07) is 7.93. The summed E-state index contributed by atoms with van der Waals surface area (Å²) < 4.78 is 0. The van der Waals surface area contributed by atoms with Crippen LogP contribution in [0.5, 0.6) is 0 Å². The zero-order valence-electron chi connectivity index (χ0n) is 6.35. The van der Waals surface area contributed by atoms with Crippen LogP contribution in [0.4, 0.5) is 0 Å². The third-order valence-corrected chi connectivity index (χ3v) is 2.84. The van der Waals surface area contributed by atoms with Gasteiger partial charge in [-0.2, -0.15) is 5.26 Å². The van der Waals surface area contributed by atoms with Gasteiger partial charge >= 0.3 is 0 Å². The van der Waals surface area contributed by atoms with E-state index in [1.807, 2.05) is 18.2 Å². The molecule has 0 saturated heterocycles. The summed E-state index contributed by atoms with van der Waals surface area (Å²) in [4.78, 5) is 0. The maximum absolute atomic E-state index is 8.78. The highest BCUT2D eigenvalue weighted by molar-refractivity contribution is 9.09. The summed E-state index contributed by atoms with van der Waals surface area (Å²) in [6.45, 7) is 0. The van der Waals surface area contributed by atoms with Crippen LogP contribution in [0.15, 0.2) is 18.2 Å². The van der Waals surface area contributed by atoms with Crippen molar-refractivity contribution in [2.45, 2.75) is 10.7 Å². The van der Waals surface area contributed by atoms with Gasteiger partial charge in [-0.3, -0.25) is 0 Å². The topological polar surface area (TPSA) is 23.8 Å². The van der Waals surface area contributed by atoms with Crippen LogP contribution in [-0.4, -0.2) is 0 Å². The van der Waals surface area contributed by atoms with Crippen LogP contribution < -0.4 is 0 Å². The molecule has 0 spiro atoms. The molecular weight excluding hydrogens is 282 g/mol. The molecule has 0 unspecified atom stereocenters. The molecule has 3 heteroatoms. The van der Waals surface area contributed by atoms with Gasteiger partial charge in [0.25, 0.3) is 0 Å². The Bertz CT molecular complexity index is 315. The van der Waals surface area contributed by atoms with Crippen LogP contribution in [0.3, 0.4) is 0 Å². The lowest BCUT2D eigenvalue weighted by Crippen LogP contribution is -1.91. The van der Waals surface area contributed by atoms with Gasteiger partial charge in [-0.15, -0.1) is 0 Å². The Balaban J connectivity index is 3.24. The summed E-state index contributed by atoms with van der Waals surface area (Å²) >= 11 is 6.75. The maximum atomic E-state index is 8.78. The lowest BCUT2D eigenvalue weighted by Gasteiger charge is -2.04. The molecule has 0 amide bonds. The standard InChI is InChI=1S/C9H7Br2N/c10-4-7-2-1-3-8(6-12)9(7)5-11/h1-3H,4-5H2. The highest BCUT2D eigenvalue weighted by Gasteiger charge is 2.04. The van der Waals surface area contributed by atoms with Gasteiger partial charge in [0.2, 0.25) is 0 Å². The number of hydrogen-bond acceptors (Lipinski definition) is 1. The molecule has 62 valence electrons. The van der Waals surface area contributed by atoms with Crippen molar-refractivity contribution in [1.82, 2.24) is 0 Å². The summed E-state index contributed by atoms with van der Waals surface area (Å²) in [5.41, 5.74) is 3.01. The summed E-state index contributed by atoms with van der Waals surface area (Å²) in [5, 5.41) is 10.3. The van der Waals surface area contributed by atoms with Crippen molar-refractivity contribution in [2.24, 2.45) is 0 Å². The number of nitrogens with zero attached hydrogens (tertiary/aromatic N) is 1. The van der Waals surface area contributed by atoms with E-state index in [9.17, 15) is 0 Å². The van der Waals surface area contributed by atoms with Crippen molar-refractivity contribution in [2.75, 3.05) is 0 Å². The van der Waals surface area contributed by atoms with E-state index in [0.717, 1.165) is 21.8 Å². The quantitative estimate of drug-likeness (QED) is 0.766. The molecule has 0 aliphatic carbocycles. The van der Waals surface area contributed by atoms with Gasteiger partial charge in [-0.1, -0.05) is 44.0 Å². The van der Waals surface area contributed by atoms with E-state index in [1.165, 1.54) is 5.56 Å². The zero-order valence-corrected chi connectivity index (χ0v) is 9.52. The molecule has 0 heterocycles. The molecule has 0 radical (unpaired) electrons. The summed E-state index contributed by atoms with van der Waals surface area (Å²) in [6.07, 6.45) is 0. The molecule has 0 bridgehead atoms. The molecule has 0 atom stereocenters.